The van der Waals surface area contributed by atoms with Crippen molar-refractivity contribution in [3.8, 4) is 5.69 Å². The number of hydrogen-bond acceptors (Lipinski definition) is 7. The van der Waals surface area contributed by atoms with Crippen molar-refractivity contribution in [3.05, 3.63) is 109 Å². The number of nitrogens with one attached hydrogen (secondary N) is 2. The van der Waals surface area contributed by atoms with E-state index < -0.39 is 151 Å². The lowest BCUT2D eigenvalue weighted by atomic mass is 10.0. The summed E-state index contributed by atoms with van der Waals surface area (Å²) in [6, 6.07) is 5.42. The Morgan fingerprint density at radius 3 is 2.32 bits per heavy atom. The lowest BCUT2D eigenvalue weighted by molar-refractivity contribution is -0.123. The number of carbonyl (C=O) groups is 1. The molecule has 0 aliphatic heterocycles. The number of hydrogen-bond donors (Lipinski definition) is 2. The minimum absolute atomic E-state index is 0.115. The molecule has 3 aromatic carbocycles. The normalized spacial score (nSPS) is 19.6. The third-order valence-electron chi connectivity index (χ3n) is 12.1. The van der Waals surface area contributed by atoms with Crippen molar-refractivity contribution < 1.29 is 57.1 Å². The van der Waals surface area contributed by atoms with Gasteiger partial charge in [-0.15, -0.1) is 0 Å². The Morgan fingerprint density at radius 1 is 1.00 bits per heavy atom. The Hall–Kier alpha value is -5.71. The van der Waals surface area contributed by atoms with Gasteiger partial charge >= 0.3 is 0 Å². The van der Waals surface area contributed by atoms with Gasteiger partial charge < -0.3 is 5.32 Å². The first-order valence-electron chi connectivity index (χ1n) is 19.8. The van der Waals surface area contributed by atoms with E-state index in [0.717, 1.165) is 47.0 Å². The van der Waals surface area contributed by atoms with Crippen LogP contribution in [0.5, 0.6) is 0 Å². The maximum absolute atomic E-state index is 15.9. The summed E-state index contributed by atoms with van der Waals surface area (Å²) in [5.41, 5.74) is -7.15. The van der Waals surface area contributed by atoms with Crippen LogP contribution < -0.4 is 15.6 Å². The van der Waals surface area contributed by atoms with Gasteiger partial charge in [0.15, 0.2) is 5.82 Å². The van der Waals surface area contributed by atoms with Crippen LogP contribution in [-0.2, 0) is 46.2 Å². The van der Waals surface area contributed by atoms with Crippen LogP contribution >= 0.6 is 11.6 Å². The fourth-order valence-electron chi connectivity index (χ4n) is 8.71. The summed E-state index contributed by atoms with van der Waals surface area (Å²) in [6.45, 7) is -0.595. The maximum Gasteiger partial charge on any atom is 0.295 e. The molecule has 344 valence electrons. The molecule has 2 N–H and O–H groups in total. The molecule has 3 heterocycles. The third-order valence-corrected chi connectivity index (χ3v) is 14.2. The van der Waals surface area contributed by atoms with Crippen LogP contribution in [0.15, 0.2) is 53.3 Å². The van der Waals surface area contributed by atoms with E-state index in [1.165, 1.54) is 6.92 Å². The molecule has 2 fully saturated rings. The van der Waals surface area contributed by atoms with Crippen molar-refractivity contribution in [2.24, 2.45) is 5.41 Å². The third kappa shape index (κ3) is 7.56. The van der Waals surface area contributed by atoms with Crippen LogP contribution in [0, 0.1) is 17.0 Å². The highest BCUT2D eigenvalue weighted by atomic mass is 35.5. The summed E-state index contributed by atoms with van der Waals surface area (Å²) in [6.07, 6.45) is -6.69. The van der Waals surface area contributed by atoms with Crippen molar-refractivity contribution in [1.82, 2.24) is 34.4 Å². The molecular formula is C41H33ClF10N8O4S. The van der Waals surface area contributed by atoms with Gasteiger partial charge in [-0.2, -0.15) is 19.0 Å². The van der Waals surface area contributed by atoms with Gasteiger partial charge in [-0.05, 0) is 61.2 Å². The fourth-order valence-corrected chi connectivity index (χ4v) is 10.3. The van der Waals surface area contributed by atoms with Crippen molar-refractivity contribution in [1.29, 1.82) is 0 Å². The van der Waals surface area contributed by atoms with Crippen molar-refractivity contribution in [2.45, 2.75) is 94.5 Å². The zero-order chi connectivity index (χ0) is 46.9. The smallest absolute Gasteiger partial charge is 0.295 e. The quantitative estimate of drug-likeness (QED) is 0.104. The molecule has 2 saturated carbocycles. The van der Waals surface area contributed by atoms with E-state index in [-0.39, 0.29) is 40.6 Å². The number of anilines is 1. The highest BCUT2D eigenvalue weighted by molar-refractivity contribution is 7.93. The van der Waals surface area contributed by atoms with Gasteiger partial charge in [0, 0.05) is 41.9 Å². The zero-order valence-corrected chi connectivity index (χ0v) is 35.2. The zero-order valence-electron chi connectivity index (χ0n) is 33.6. The number of carbonyl (C=O) groups excluding carboxylic acids is 1. The minimum Gasteiger partial charge on any atom is -0.344 e. The van der Waals surface area contributed by atoms with Crippen LogP contribution in [-0.4, -0.2) is 55.1 Å². The van der Waals surface area contributed by atoms with Gasteiger partial charge in [-0.3, -0.25) is 28.2 Å². The minimum atomic E-state index is -4.13. The number of amides is 1. The van der Waals surface area contributed by atoms with E-state index in [4.69, 9.17) is 11.6 Å². The second kappa shape index (κ2) is 15.2. The second-order valence-corrected chi connectivity index (χ2v) is 19.1. The monoisotopic (exact) mass is 958 g/mol. The Labute approximate surface area is 365 Å². The Bertz CT molecular complexity index is 3130. The lowest BCUT2D eigenvalue weighted by Gasteiger charge is -2.25. The number of alkyl halides is 8. The standard InChI is InChI=1S/C41H33ClF10N8O4S/c1-39-14-23(39)30-32(35(47)48)55-59(34(30)41(39,51)52)16-29(61)53-26(11-17-9-19(43)13-20(44)10-17)37-54-25-12-18(40(2,49)50)3-6-22(25)38(62)60(37)27-8-7-24(42)31-33(27)58(15-28(45)46)56-36(31)57-65(63,64)21-4-5-21/h3,6-10,12-13,21,23,26,28,35H,4-5,11,14-16H2,1-2H3,(H,53,61)(H,56,57)/t23-,26+,39?/m1/s1. The topological polar surface area (TPSA) is 146 Å². The highest BCUT2D eigenvalue weighted by Gasteiger charge is 2.75. The molecule has 3 aromatic heterocycles. The molecular weight excluding hydrogens is 926 g/mol. The first kappa shape index (κ1) is 44.5. The van der Waals surface area contributed by atoms with Crippen LogP contribution in [0.1, 0.15) is 85.4 Å². The number of aromatic nitrogens is 6. The van der Waals surface area contributed by atoms with Crippen LogP contribution in [0.4, 0.5) is 49.7 Å². The molecule has 3 atom stereocenters. The first-order valence-corrected chi connectivity index (χ1v) is 21.8. The second-order valence-electron chi connectivity index (χ2n) is 16.7. The first-order chi connectivity index (χ1) is 30.4. The van der Waals surface area contributed by atoms with Crippen molar-refractivity contribution >= 4 is 55.2 Å². The van der Waals surface area contributed by atoms with Gasteiger partial charge in [0.05, 0.1) is 43.8 Å². The molecule has 3 aliphatic carbocycles. The predicted octanol–water partition coefficient (Wildman–Crippen LogP) is 8.78. The Kier molecular flexibility index (Phi) is 10.4. The number of sulfonamides is 1. The molecule has 3 aliphatic rings. The molecule has 1 unspecified atom stereocenters. The van der Waals surface area contributed by atoms with Crippen molar-refractivity contribution in [2.75, 3.05) is 4.72 Å². The van der Waals surface area contributed by atoms with E-state index in [1.807, 2.05) is 0 Å². The summed E-state index contributed by atoms with van der Waals surface area (Å²) < 4.78 is 178. The van der Waals surface area contributed by atoms with E-state index in [0.29, 0.717) is 22.4 Å². The number of nitrogens with zero attached hydrogens (tertiary/aromatic N) is 6. The average Bonchev–Trinajstić information content (AvgIpc) is 4.09. The SMILES string of the molecule is CC(F)(F)c1ccc2c(=O)n(-c3ccc(Cl)c4c(NS(=O)(=O)C5CC5)nn(CC(F)F)c34)c([C@H](Cc3cc(F)cc(F)c3)NC(=O)Cn3nc(C(F)F)c4c3C(F)(F)C3(C)C[C@H]43)nc2c1. The van der Waals surface area contributed by atoms with Gasteiger partial charge in [0.1, 0.15) is 41.9 Å². The summed E-state index contributed by atoms with van der Waals surface area (Å²) in [5.74, 6) is -12.8. The van der Waals surface area contributed by atoms with Crippen molar-refractivity contribution in [3.63, 3.8) is 0 Å². The van der Waals surface area contributed by atoms with Crippen LogP contribution in [0.2, 0.25) is 5.02 Å². The lowest BCUT2D eigenvalue weighted by Crippen LogP contribution is -2.38. The van der Waals surface area contributed by atoms with Gasteiger partial charge in [0.2, 0.25) is 15.9 Å². The fraction of sp³-hybridized carbons (Fsp3) is 0.390. The van der Waals surface area contributed by atoms with E-state index >= 15 is 8.78 Å². The number of rotatable bonds is 14. The molecule has 9 rings (SSSR count). The van der Waals surface area contributed by atoms with Crippen LogP contribution in [0.25, 0.3) is 27.5 Å². The maximum atomic E-state index is 15.9. The van der Waals surface area contributed by atoms with Gasteiger partial charge in [-0.25, -0.2) is 48.5 Å². The van der Waals surface area contributed by atoms with E-state index in [9.17, 15) is 53.1 Å². The van der Waals surface area contributed by atoms with E-state index in [1.54, 1.807) is 0 Å². The number of halogens is 11. The average molecular weight is 959 g/mol. The molecule has 0 spiro atoms. The molecule has 24 heteroatoms. The molecule has 0 bridgehead atoms. The molecule has 0 radical (unpaired) electrons. The summed E-state index contributed by atoms with van der Waals surface area (Å²) in [7, 11) is -4.13. The summed E-state index contributed by atoms with van der Waals surface area (Å²) >= 11 is 6.59. The molecule has 12 nitrogen and oxygen atoms in total. The Morgan fingerprint density at radius 2 is 1.69 bits per heavy atom. The van der Waals surface area contributed by atoms with Gasteiger partial charge in [0.25, 0.3) is 30.3 Å². The summed E-state index contributed by atoms with van der Waals surface area (Å²) in [5, 5.41) is 8.52. The largest absolute Gasteiger partial charge is 0.344 e. The van der Waals surface area contributed by atoms with Gasteiger partial charge in [-0.1, -0.05) is 24.6 Å². The molecule has 0 saturated heterocycles. The Balaban J connectivity index is 1.27. The number of benzene rings is 3. The van der Waals surface area contributed by atoms with Crippen LogP contribution in [0.3, 0.4) is 0 Å². The molecule has 1 amide bonds. The molecule has 6 aromatic rings. The predicted molar refractivity (Wildman–Crippen MR) is 214 cm³/mol. The summed E-state index contributed by atoms with van der Waals surface area (Å²) in [4.78, 5) is 33.5. The number of fused-ring (bicyclic) bond motifs is 5. The van der Waals surface area contributed by atoms with E-state index in [2.05, 4.69) is 25.2 Å². The molecule has 65 heavy (non-hydrogen) atoms. The highest BCUT2D eigenvalue weighted by Crippen LogP contribution is 2.76.